The number of aliphatic imine (C=N–C) groups is 1. The number of ether oxygens (including phenoxy) is 3. The van der Waals surface area contributed by atoms with E-state index >= 15 is 0 Å². The quantitative estimate of drug-likeness (QED) is 0.161. The Bertz CT molecular complexity index is 1260. The lowest BCUT2D eigenvalue weighted by atomic mass is 10.1. The van der Waals surface area contributed by atoms with Gasteiger partial charge in [0.25, 0.3) is 0 Å². The highest BCUT2D eigenvalue weighted by Crippen LogP contribution is 2.38. The summed E-state index contributed by atoms with van der Waals surface area (Å²) in [7, 11) is 1.38. The van der Waals surface area contributed by atoms with Gasteiger partial charge in [0.05, 0.1) is 13.2 Å². The number of hydrogen-bond acceptors (Lipinski definition) is 8. The Morgan fingerprint density at radius 2 is 1.65 bits per heavy atom. The molecule has 3 N–H and O–H groups in total. The summed E-state index contributed by atoms with van der Waals surface area (Å²) < 4.78 is 84.1. The highest BCUT2D eigenvalue weighted by Gasteiger charge is 2.40. The molecule has 0 aromatic heterocycles. The summed E-state index contributed by atoms with van der Waals surface area (Å²) in [5, 5.41) is 0.0426. The molecule has 2 aromatic carbocycles. The number of hydrogen-bond donors (Lipinski definition) is 2. The standard InChI is InChI=1S/C23H20F5N3O5S/c1-3-35-11-7-5-4-6-10(11)30-22-12(23(33)36-9-8-34-2)18(29)20(37-22)21(32)31-19-16(27)14(25)13(24)15(26)17(19)28/h4-7,20H,3,8-9,29H2,1-2H3,(H,31,32)/t20-/m1/s1. The minimum atomic E-state index is -2.38. The zero-order valence-electron chi connectivity index (χ0n) is 19.4. The number of thioether (sulfide) groups is 1. The third-order valence-corrected chi connectivity index (χ3v) is 6.04. The van der Waals surface area contributed by atoms with Crippen molar-refractivity contribution in [2.45, 2.75) is 12.2 Å². The molecule has 14 heteroatoms. The number of benzene rings is 2. The summed E-state index contributed by atoms with van der Waals surface area (Å²) in [6, 6.07) is 6.49. The number of amides is 1. The molecule has 1 aliphatic rings. The molecule has 0 fully saturated rings. The van der Waals surface area contributed by atoms with E-state index in [0.29, 0.717) is 24.1 Å². The van der Waals surface area contributed by atoms with Crippen molar-refractivity contribution in [2.24, 2.45) is 10.7 Å². The molecule has 0 aliphatic carbocycles. The maximum Gasteiger partial charge on any atom is 0.342 e. The highest BCUT2D eigenvalue weighted by molar-refractivity contribution is 8.16. The second-order valence-electron chi connectivity index (χ2n) is 7.21. The monoisotopic (exact) mass is 545 g/mol. The van der Waals surface area contributed by atoms with Crippen LogP contribution in [0.25, 0.3) is 0 Å². The van der Waals surface area contributed by atoms with Crippen LogP contribution in [0.2, 0.25) is 0 Å². The lowest BCUT2D eigenvalue weighted by Gasteiger charge is -2.13. The van der Waals surface area contributed by atoms with E-state index in [1.54, 1.807) is 36.5 Å². The smallest absolute Gasteiger partial charge is 0.342 e. The Balaban J connectivity index is 2.01. The molecule has 3 rings (SSSR count). The number of rotatable bonds is 9. The van der Waals surface area contributed by atoms with Crippen molar-refractivity contribution in [3.05, 3.63) is 64.6 Å². The molecule has 37 heavy (non-hydrogen) atoms. The van der Waals surface area contributed by atoms with Crippen LogP contribution >= 0.6 is 11.8 Å². The Hall–Kier alpha value is -3.65. The Morgan fingerprint density at radius 1 is 1.03 bits per heavy atom. The largest absolute Gasteiger partial charge is 0.492 e. The van der Waals surface area contributed by atoms with Crippen molar-refractivity contribution >= 4 is 40.1 Å². The number of methoxy groups -OCH3 is 1. The molecule has 1 heterocycles. The molecule has 0 radical (unpaired) electrons. The van der Waals surface area contributed by atoms with Crippen LogP contribution in [-0.2, 0) is 19.1 Å². The van der Waals surface area contributed by atoms with Crippen molar-refractivity contribution in [1.29, 1.82) is 0 Å². The molecule has 1 atom stereocenters. The van der Waals surface area contributed by atoms with Crippen molar-refractivity contribution in [3.63, 3.8) is 0 Å². The van der Waals surface area contributed by atoms with Gasteiger partial charge in [0.15, 0.2) is 23.3 Å². The average molecular weight is 545 g/mol. The molecule has 1 aliphatic heterocycles. The van der Waals surface area contributed by atoms with Crippen LogP contribution in [0, 0.1) is 29.1 Å². The number of halogens is 5. The van der Waals surface area contributed by atoms with Gasteiger partial charge in [-0.1, -0.05) is 23.9 Å². The zero-order chi connectivity index (χ0) is 27.3. The first-order valence-corrected chi connectivity index (χ1v) is 11.5. The lowest BCUT2D eigenvalue weighted by Crippen LogP contribution is -2.30. The molecule has 8 nitrogen and oxygen atoms in total. The van der Waals surface area contributed by atoms with Crippen LogP contribution < -0.4 is 15.8 Å². The van der Waals surface area contributed by atoms with Gasteiger partial charge in [-0.15, -0.1) is 0 Å². The Labute approximate surface area is 211 Å². The predicted octanol–water partition coefficient (Wildman–Crippen LogP) is 3.97. The molecule has 0 saturated heterocycles. The number of carbonyl (C=O) groups is 2. The van der Waals surface area contributed by atoms with Gasteiger partial charge in [-0.25, -0.2) is 31.7 Å². The molecule has 198 valence electrons. The van der Waals surface area contributed by atoms with E-state index in [4.69, 9.17) is 19.9 Å². The van der Waals surface area contributed by atoms with Crippen LogP contribution in [0.4, 0.5) is 33.3 Å². The van der Waals surface area contributed by atoms with Gasteiger partial charge in [0.2, 0.25) is 11.7 Å². The molecule has 0 unspecified atom stereocenters. The maximum atomic E-state index is 14.1. The number of nitrogens with zero attached hydrogens (tertiary/aromatic N) is 1. The molecule has 2 aromatic rings. The first-order chi connectivity index (χ1) is 17.6. The van der Waals surface area contributed by atoms with Crippen LogP contribution in [0.15, 0.2) is 40.5 Å². The minimum Gasteiger partial charge on any atom is -0.492 e. The first kappa shape index (κ1) is 27.9. The minimum absolute atomic E-state index is 0.0515. The molecule has 1 amide bonds. The van der Waals surface area contributed by atoms with Crippen LogP contribution in [0.5, 0.6) is 5.75 Å². The van der Waals surface area contributed by atoms with E-state index in [-0.39, 0.29) is 29.5 Å². The number of esters is 1. The number of anilines is 1. The first-order valence-electron chi connectivity index (χ1n) is 10.6. The van der Waals surface area contributed by atoms with E-state index in [1.165, 1.54) is 7.11 Å². The van der Waals surface area contributed by atoms with Crippen molar-refractivity contribution < 1.29 is 45.8 Å². The van der Waals surface area contributed by atoms with Crippen LogP contribution in [0.1, 0.15) is 6.92 Å². The summed E-state index contributed by atoms with van der Waals surface area (Å²) in [6.45, 7) is 1.92. The Kier molecular flexibility index (Phi) is 9.10. The molecular formula is C23H20F5N3O5S. The van der Waals surface area contributed by atoms with Gasteiger partial charge in [0, 0.05) is 12.8 Å². The summed E-state index contributed by atoms with van der Waals surface area (Å²) in [5.74, 6) is -13.2. The third-order valence-electron chi connectivity index (χ3n) is 4.82. The summed E-state index contributed by atoms with van der Waals surface area (Å²) in [4.78, 5) is 30.0. The normalized spacial score (nSPS) is 16.3. The number of carbonyl (C=O) groups excluding carboxylic acids is 2. The van der Waals surface area contributed by atoms with Gasteiger partial charge in [0.1, 0.15) is 39.6 Å². The van der Waals surface area contributed by atoms with E-state index in [9.17, 15) is 31.5 Å². The summed E-state index contributed by atoms with van der Waals surface area (Å²) >= 11 is 0.611. The fraction of sp³-hybridized carbons (Fsp3) is 0.261. The number of nitrogens with one attached hydrogen (secondary N) is 1. The maximum absolute atomic E-state index is 14.1. The average Bonchev–Trinajstić information content (AvgIpc) is 3.21. The lowest BCUT2D eigenvalue weighted by molar-refractivity contribution is -0.139. The van der Waals surface area contributed by atoms with E-state index in [2.05, 4.69) is 4.99 Å². The highest BCUT2D eigenvalue weighted by atomic mass is 32.2. The van der Waals surface area contributed by atoms with Crippen molar-refractivity contribution in [1.82, 2.24) is 0 Å². The predicted molar refractivity (Wildman–Crippen MR) is 125 cm³/mol. The van der Waals surface area contributed by atoms with Crippen molar-refractivity contribution in [2.75, 3.05) is 32.2 Å². The summed E-state index contributed by atoms with van der Waals surface area (Å²) in [5.41, 5.74) is 4.03. The topological polar surface area (TPSA) is 112 Å². The van der Waals surface area contributed by atoms with E-state index in [0.717, 1.165) is 0 Å². The van der Waals surface area contributed by atoms with Gasteiger partial charge in [-0.3, -0.25) is 4.79 Å². The van der Waals surface area contributed by atoms with Crippen LogP contribution in [0.3, 0.4) is 0 Å². The fourth-order valence-electron chi connectivity index (χ4n) is 3.10. The SMILES string of the molecule is CCOc1ccccc1N=C1S[C@@H](C(=O)Nc2c(F)c(F)c(F)c(F)c2F)C(N)=C1C(=O)OCCOC. The molecular weight excluding hydrogens is 525 g/mol. The Morgan fingerprint density at radius 3 is 2.27 bits per heavy atom. The molecule has 0 bridgehead atoms. The number of para-hydroxylation sites is 2. The second-order valence-corrected chi connectivity index (χ2v) is 8.30. The molecule has 0 spiro atoms. The van der Waals surface area contributed by atoms with Gasteiger partial charge >= 0.3 is 5.97 Å². The van der Waals surface area contributed by atoms with E-state index < -0.39 is 57.6 Å². The zero-order valence-corrected chi connectivity index (χ0v) is 20.2. The van der Waals surface area contributed by atoms with Gasteiger partial charge < -0.3 is 25.3 Å². The van der Waals surface area contributed by atoms with Crippen LogP contribution in [-0.4, -0.2) is 49.1 Å². The molecule has 0 saturated carbocycles. The summed E-state index contributed by atoms with van der Waals surface area (Å²) in [6.07, 6.45) is 0. The van der Waals surface area contributed by atoms with E-state index in [1.807, 2.05) is 0 Å². The third kappa shape index (κ3) is 5.85. The number of nitrogens with two attached hydrogens (primary N) is 1. The van der Waals surface area contributed by atoms with Crippen molar-refractivity contribution in [3.8, 4) is 5.75 Å². The second kappa shape index (κ2) is 12.1. The van der Waals surface area contributed by atoms with Gasteiger partial charge in [-0.2, -0.15) is 0 Å². The fourth-order valence-corrected chi connectivity index (χ4v) is 4.20. The van der Waals surface area contributed by atoms with Gasteiger partial charge in [-0.05, 0) is 19.1 Å².